The van der Waals surface area contributed by atoms with Gasteiger partial charge in [-0.25, -0.2) is 17.5 Å². The van der Waals surface area contributed by atoms with Gasteiger partial charge in [0.25, 0.3) is 0 Å². The van der Waals surface area contributed by atoms with Crippen molar-refractivity contribution in [1.82, 2.24) is 14.3 Å². The number of carbonyl (C=O) groups excluding carboxylic acids is 1. The van der Waals surface area contributed by atoms with Crippen LogP contribution < -0.4 is 9.46 Å². The number of hydrogen-bond acceptors (Lipinski definition) is 6. The van der Waals surface area contributed by atoms with Gasteiger partial charge in [0.05, 0.1) is 24.1 Å². The third-order valence-electron chi connectivity index (χ3n) is 6.76. The van der Waals surface area contributed by atoms with Crippen LogP contribution in [0.25, 0.3) is 10.9 Å². The zero-order valence-electron chi connectivity index (χ0n) is 20.9. The van der Waals surface area contributed by atoms with Gasteiger partial charge in [0.1, 0.15) is 18.2 Å². The molecule has 0 fully saturated rings. The first kappa shape index (κ1) is 25.9. The van der Waals surface area contributed by atoms with Crippen LogP contribution in [0.3, 0.4) is 0 Å². The summed E-state index contributed by atoms with van der Waals surface area (Å²) in [5.41, 5.74) is 3.85. The van der Waals surface area contributed by atoms with E-state index in [4.69, 9.17) is 9.47 Å². The van der Waals surface area contributed by atoms with Crippen molar-refractivity contribution in [3.8, 4) is 5.75 Å². The van der Waals surface area contributed by atoms with E-state index in [9.17, 15) is 17.6 Å². The second-order valence-electron chi connectivity index (χ2n) is 9.21. The highest BCUT2D eigenvalue weighted by atomic mass is 32.2. The molecule has 0 radical (unpaired) electrons. The number of benzene rings is 2. The molecule has 1 aliphatic carbocycles. The summed E-state index contributed by atoms with van der Waals surface area (Å²) in [6, 6.07) is 15.9. The standard InChI is InChI=1S/C28H28FN3O5S/c1-36-28(33)13-15-32-26-11-7-20(31-38(34,35)23-9-5-19(29)6-10-23)16-24(26)25-17-22(8-12-27(25)32)37-18-21-4-2-3-14-30-21/h2-6,8-10,12,14,17,20,31H,7,11,13,15-16,18H2,1H3. The molecule has 0 spiro atoms. The zero-order chi connectivity index (χ0) is 26.7. The minimum atomic E-state index is -3.81. The number of esters is 1. The van der Waals surface area contributed by atoms with E-state index < -0.39 is 15.8 Å². The van der Waals surface area contributed by atoms with Gasteiger partial charge in [-0.2, -0.15) is 0 Å². The lowest BCUT2D eigenvalue weighted by atomic mass is 9.92. The Kier molecular flexibility index (Phi) is 7.44. The van der Waals surface area contributed by atoms with Crippen molar-refractivity contribution in [2.24, 2.45) is 0 Å². The Morgan fingerprint density at radius 2 is 1.97 bits per heavy atom. The Morgan fingerprint density at radius 1 is 1.16 bits per heavy atom. The van der Waals surface area contributed by atoms with Crippen molar-refractivity contribution in [2.75, 3.05) is 7.11 Å². The number of nitrogens with zero attached hydrogens (tertiary/aromatic N) is 2. The molecule has 0 saturated heterocycles. The lowest BCUT2D eigenvalue weighted by Crippen LogP contribution is -2.39. The van der Waals surface area contributed by atoms with E-state index in [0.29, 0.717) is 38.2 Å². The van der Waals surface area contributed by atoms with Crippen LogP contribution in [-0.4, -0.2) is 37.1 Å². The van der Waals surface area contributed by atoms with Gasteiger partial charge in [0.2, 0.25) is 10.0 Å². The molecule has 8 nitrogen and oxygen atoms in total. The molecule has 0 aliphatic heterocycles. The molecule has 2 aromatic heterocycles. The fourth-order valence-electron chi connectivity index (χ4n) is 4.92. The van der Waals surface area contributed by atoms with E-state index in [-0.39, 0.29) is 23.3 Å². The number of sulfonamides is 1. The minimum Gasteiger partial charge on any atom is -0.487 e. The highest BCUT2D eigenvalue weighted by Gasteiger charge is 2.29. The maximum absolute atomic E-state index is 13.3. The second kappa shape index (κ2) is 10.9. The van der Waals surface area contributed by atoms with Gasteiger partial charge in [0.15, 0.2) is 0 Å². The van der Waals surface area contributed by atoms with E-state index in [2.05, 4.69) is 14.3 Å². The van der Waals surface area contributed by atoms with Crippen molar-refractivity contribution in [3.63, 3.8) is 0 Å². The maximum atomic E-state index is 13.3. The maximum Gasteiger partial charge on any atom is 0.307 e. The van der Waals surface area contributed by atoms with Gasteiger partial charge in [-0.3, -0.25) is 9.78 Å². The number of rotatable bonds is 9. The zero-order valence-corrected chi connectivity index (χ0v) is 21.7. The number of methoxy groups -OCH3 is 1. The fraction of sp³-hybridized carbons (Fsp3) is 0.286. The predicted molar refractivity (Wildman–Crippen MR) is 140 cm³/mol. The Morgan fingerprint density at radius 3 is 2.71 bits per heavy atom. The van der Waals surface area contributed by atoms with E-state index in [0.717, 1.165) is 40.0 Å². The van der Waals surface area contributed by atoms with Crippen molar-refractivity contribution in [1.29, 1.82) is 0 Å². The highest BCUT2D eigenvalue weighted by molar-refractivity contribution is 7.89. The molecular formula is C28H28FN3O5S. The predicted octanol–water partition coefficient (Wildman–Crippen LogP) is 4.15. The number of carbonyl (C=O) groups is 1. The van der Waals surface area contributed by atoms with E-state index in [1.165, 1.54) is 19.2 Å². The van der Waals surface area contributed by atoms with Crippen LogP contribution in [0.1, 0.15) is 29.8 Å². The number of halogens is 1. The number of aromatic nitrogens is 2. The van der Waals surface area contributed by atoms with Crippen molar-refractivity contribution in [2.45, 2.75) is 49.8 Å². The van der Waals surface area contributed by atoms with Gasteiger partial charge in [0, 0.05) is 35.4 Å². The summed E-state index contributed by atoms with van der Waals surface area (Å²) in [6.07, 6.45) is 3.64. The number of pyridine rings is 1. The molecule has 2 heterocycles. The summed E-state index contributed by atoms with van der Waals surface area (Å²) in [5.74, 6) is -0.117. The number of hydrogen-bond donors (Lipinski definition) is 1. The summed E-state index contributed by atoms with van der Waals surface area (Å²) >= 11 is 0. The fourth-order valence-corrected chi connectivity index (χ4v) is 6.19. The topological polar surface area (TPSA) is 99.5 Å². The first-order valence-corrected chi connectivity index (χ1v) is 13.8. The Bertz CT molecular complexity index is 1550. The lowest BCUT2D eigenvalue weighted by molar-refractivity contribution is -0.140. The summed E-state index contributed by atoms with van der Waals surface area (Å²) in [5, 5.41) is 0.953. The Balaban J connectivity index is 1.44. The summed E-state index contributed by atoms with van der Waals surface area (Å²) in [6.45, 7) is 0.774. The number of ether oxygens (including phenoxy) is 2. The molecule has 0 saturated carbocycles. The van der Waals surface area contributed by atoms with Crippen LogP contribution in [-0.2, 0) is 45.5 Å². The molecule has 5 rings (SSSR count). The molecule has 38 heavy (non-hydrogen) atoms. The van der Waals surface area contributed by atoms with E-state index in [1.54, 1.807) is 6.20 Å². The molecule has 0 amide bonds. The minimum absolute atomic E-state index is 0.0235. The van der Waals surface area contributed by atoms with Crippen molar-refractivity contribution >= 4 is 26.9 Å². The number of nitrogens with one attached hydrogen (secondary N) is 1. The monoisotopic (exact) mass is 537 g/mol. The molecule has 0 bridgehead atoms. The molecule has 1 aliphatic rings. The molecule has 1 atom stereocenters. The van der Waals surface area contributed by atoms with Crippen molar-refractivity contribution in [3.05, 3.63) is 89.6 Å². The smallest absolute Gasteiger partial charge is 0.307 e. The first-order chi connectivity index (χ1) is 18.3. The Hall–Kier alpha value is -3.76. The van der Waals surface area contributed by atoms with Crippen LogP contribution >= 0.6 is 0 Å². The summed E-state index contributed by atoms with van der Waals surface area (Å²) < 4.78 is 55.0. The molecule has 4 aromatic rings. The van der Waals surface area contributed by atoms with Gasteiger partial charge < -0.3 is 14.0 Å². The normalized spacial score (nSPS) is 15.3. The quantitative estimate of drug-likeness (QED) is 0.322. The molecule has 2 aromatic carbocycles. The third-order valence-corrected chi connectivity index (χ3v) is 8.30. The van der Waals surface area contributed by atoms with Crippen LogP contribution in [0, 0.1) is 5.82 Å². The third kappa shape index (κ3) is 5.56. The van der Waals surface area contributed by atoms with Gasteiger partial charge in [-0.15, -0.1) is 0 Å². The van der Waals surface area contributed by atoms with Crippen LogP contribution in [0.4, 0.5) is 4.39 Å². The second-order valence-corrected chi connectivity index (χ2v) is 10.9. The number of aryl methyl sites for hydroxylation is 1. The summed E-state index contributed by atoms with van der Waals surface area (Å²) in [4.78, 5) is 16.2. The van der Waals surface area contributed by atoms with Crippen LogP contribution in [0.2, 0.25) is 0 Å². The molecule has 1 unspecified atom stereocenters. The molecular weight excluding hydrogens is 509 g/mol. The van der Waals surface area contributed by atoms with E-state index in [1.807, 2.05) is 36.4 Å². The van der Waals surface area contributed by atoms with Crippen LogP contribution in [0.5, 0.6) is 5.75 Å². The average Bonchev–Trinajstić information content (AvgIpc) is 3.23. The van der Waals surface area contributed by atoms with Crippen molar-refractivity contribution < 1.29 is 27.1 Å². The Labute approximate surface area is 220 Å². The van der Waals surface area contributed by atoms with Gasteiger partial charge in [-0.1, -0.05) is 6.07 Å². The highest BCUT2D eigenvalue weighted by Crippen LogP contribution is 2.35. The average molecular weight is 538 g/mol. The SMILES string of the molecule is COC(=O)CCn1c2c(c3cc(OCc4ccccn4)ccc31)CC(NS(=O)(=O)c1ccc(F)cc1)CC2. The molecule has 1 N–H and O–H groups in total. The molecule has 10 heteroatoms. The number of fused-ring (bicyclic) bond motifs is 3. The lowest BCUT2D eigenvalue weighted by Gasteiger charge is -2.25. The molecule has 198 valence electrons. The van der Waals surface area contributed by atoms with Gasteiger partial charge >= 0.3 is 5.97 Å². The van der Waals surface area contributed by atoms with Crippen LogP contribution in [0.15, 0.2) is 71.8 Å². The summed E-state index contributed by atoms with van der Waals surface area (Å²) in [7, 11) is -2.44. The van der Waals surface area contributed by atoms with E-state index >= 15 is 0 Å². The first-order valence-electron chi connectivity index (χ1n) is 12.4. The van der Waals surface area contributed by atoms with Gasteiger partial charge in [-0.05, 0) is 79.4 Å². The largest absolute Gasteiger partial charge is 0.487 e.